The number of aryl methyl sites for hydroxylation is 2. The van der Waals surface area contributed by atoms with E-state index in [-0.39, 0.29) is 24.0 Å². The first kappa shape index (κ1) is 17.1. The Morgan fingerprint density at radius 3 is 2.33 bits per heavy atom. The summed E-state index contributed by atoms with van der Waals surface area (Å²) in [5.41, 5.74) is 7.71. The molecular formula is C11H23IN6. The maximum absolute atomic E-state index is 5.90. The Hall–Kier alpha value is -0.860. The van der Waals surface area contributed by atoms with Crippen molar-refractivity contribution < 1.29 is 0 Å². The molecule has 0 aliphatic rings. The summed E-state index contributed by atoms with van der Waals surface area (Å²) in [6.07, 6.45) is 0. The van der Waals surface area contributed by atoms with Crippen LogP contribution in [-0.2, 0) is 13.1 Å². The van der Waals surface area contributed by atoms with Gasteiger partial charge >= 0.3 is 0 Å². The van der Waals surface area contributed by atoms with Gasteiger partial charge in [0.25, 0.3) is 0 Å². The predicted octanol–water partition coefficient (Wildman–Crippen LogP) is 1.38. The molecule has 1 rings (SSSR count). The van der Waals surface area contributed by atoms with Gasteiger partial charge in [-0.1, -0.05) is 0 Å². The average Bonchev–Trinajstić information content (AvgIpc) is 2.69. The quantitative estimate of drug-likeness (QED) is 0.486. The molecule has 0 saturated heterocycles. The van der Waals surface area contributed by atoms with E-state index in [0.29, 0.717) is 12.5 Å². The van der Waals surface area contributed by atoms with Crippen molar-refractivity contribution in [3.8, 4) is 0 Å². The third kappa shape index (κ3) is 4.43. The zero-order valence-corrected chi connectivity index (χ0v) is 13.9. The first-order valence-electron chi connectivity index (χ1n) is 6.07. The molecule has 104 valence electrons. The third-order valence-corrected chi connectivity index (χ3v) is 2.68. The zero-order valence-electron chi connectivity index (χ0n) is 11.6. The molecule has 0 amide bonds. The minimum atomic E-state index is 0. The highest BCUT2D eigenvalue weighted by molar-refractivity contribution is 14.0. The van der Waals surface area contributed by atoms with Gasteiger partial charge < -0.3 is 10.6 Å². The molecule has 0 aliphatic carbocycles. The first-order chi connectivity index (χ1) is 8.12. The van der Waals surface area contributed by atoms with E-state index in [2.05, 4.69) is 29.0 Å². The van der Waals surface area contributed by atoms with Gasteiger partial charge in [0.15, 0.2) is 5.96 Å². The van der Waals surface area contributed by atoms with E-state index in [1.54, 1.807) is 4.80 Å². The smallest absolute Gasteiger partial charge is 0.191 e. The number of guanidine groups is 1. The lowest BCUT2D eigenvalue weighted by atomic mass is 10.3. The number of nitrogens with zero attached hydrogens (tertiary/aromatic N) is 5. The number of hydrogen-bond acceptors (Lipinski definition) is 3. The summed E-state index contributed by atoms with van der Waals surface area (Å²) in [6, 6.07) is 0. The van der Waals surface area contributed by atoms with Crippen LogP contribution in [0.3, 0.4) is 0 Å². The number of aromatic nitrogens is 3. The minimum absolute atomic E-state index is 0. The minimum Gasteiger partial charge on any atom is -0.370 e. The molecule has 0 atom stereocenters. The Kier molecular flexibility index (Phi) is 7.88. The third-order valence-electron chi connectivity index (χ3n) is 2.68. The Bertz CT molecular complexity index is 383. The number of halogens is 1. The maximum atomic E-state index is 5.90. The van der Waals surface area contributed by atoms with Crippen molar-refractivity contribution >= 4 is 29.9 Å². The molecule has 1 heterocycles. The van der Waals surface area contributed by atoms with Crippen LogP contribution in [0.25, 0.3) is 0 Å². The highest BCUT2D eigenvalue weighted by atomic mass is 127. The SMILES string of the molecule is CCN(CC)C(N)=NCc1nn(CC)nc1C.I. The van der Waals surface area contributed by atoms with Crippen LogP contribution in [0.4, 0.5) is 0 Å². The summed E-state index contributed by atoms with van der Waals surface area (Å²) >= 11 is 0. The van der Waals surface area contributed by atoms with E-state index < -0.39 is 0 Å². The van der Waals surface area contributed by atoms with Crippen LogP contribution in [0, 0.1) is 6.92 Å². The second kappa shape index (κ2) is 8.28. The molecule has 0 spiro atoms. The van der Waals surface area contributed by atoms with Gasteiger partial charge in [0.05, 0.1) is 18.8 Å². The van der Waals surface area contributed by atoms with Crippen molar-refractivity contribution in [3.63, 3.8) is 0 Å². The molecule has 6 nitrogen and oxygen atoms in total. The predicted molar refractivity (Wildman–Crippen MR) is 84.1 cm³/mol. The van der Waals surface area contributed by atoms with E-state index in [9.17, 15) is 0 Å². The van der Waals surface area contributed by atoms with Crippen molar-refractivity contribution in [1.82, 2.24) is 19.9 Å². The number of rotatable bonds is 5. The van der Waals surface area contributed by atoms with Gasteiger partial charge in [-0.25, -0.2) is 4.99 Å². The molecule has 2 N–H and O–H groups in total. The van der Waals surface area contributed by atoms with Gasteiger partial charge in [0.1, 0.15) is 5.69 Å². The van der Waals surface area contributed by atoms with Crippen LogP contribution >= 0.6 is 24.0 Å². The van der Waals surface area contributed by atoms with Crippen LogP contribution in [0.15, 0.2) is 4.99 Å². The van der Waals surface area contributed by atoms with Gasteiger partial charge in [0, 0.05) is 13.1 Å². The lowest BCUT2D eigenvalue weighted by molar-refractivity contribution is 0.458. The Morgan fingerprint density at radius 1 is 1.28 bits per heavy atom. The molecule has 1 aromatic heterocycles. The van der Waals surface area contributed by atoms with E-state index >= 15 is 0 Å². The van der Waals surface area contributed by atoms with Crippen LogP contribution in [0.1, 0.15) is 32.2 Å². The second-order valence-electron chi connectivity index (χ2n) is 3.77. The normalized spacial score (nSPS) is 11.2. The Morgan fingerprint density at radius 2 is 1.89 bits per heavy atom. The number of hydrogen-bond donors (Lipinski definition) is 1. The van der Waals surface area contributed by atoms with Crippen molar-refractivity contribution in [2.45, 2.75) is 40.8 Å². The van der Waals surface area contributed by atoms with Gasteiger partial charge in [-0.05, 0) is 27.7 Å². The summed E-state index contributed by atoms with van der Waals surface area (Å²) in [5, 5.41) is 8.61. The standard InChI is InChI=1S/C11H22N6.HI/c1-5-16(6-2)11(12)13-8-10-9(4)14-17(7-3)15-10;/h5-8H2,1-4H3,(H2,12,13);1H. The second-order valence-corrected chi connectivity index (χ2v) is 3.77. The Balaban J connectivity index is 0.00000289. The van der Waals surface area contributed by atoms with Crippen LogP contribution in [-0.4, -0.2) is 38.9 Å². The fourth-order valence-corrected chi connectivity index (χ4v) is 1.56. The molecule has 7 heteroatoms. The molecule has 0 unspecified atom stereocenters. The van der Waals surface area contributed by atoms with Crippen molar-refractivity contribution in [2.24, 2.45) is 10.7 Å². The highest BCUT2D eigenvalue weighted by Crippen LogP contribution is 2.03. The topological polar surface area (TPSA) is 72.3 Å². The molecular weight excluding hydrogens is 343 g/mol. The largest absolute Gasteiger partial charge is 0.370 e. The highest BCUT2D eigenvalue weighted by Gasteiger charge is 2.07. The molecule has 1 aromatic rings. The van der Waals surface area contributed by atoms with Crippen LogP contribution in [0.5, 0.6) is 0 Å². The molecule has 18 heavy (non-hydrogen) atoms. The molecule has 0 saturated carbocycles. The van der Waals surface area contributed by atoms with Gasteiger partial charge in [-0.2, -0.15) is 15.0 Å². The lowest BCUT2D eigenvalue weighted by Crippen LogP contribution is -2.37. The Labute approximate surface area is 126 Å². The summed E-state index contributed by atoms with van der Waals surface area (Å²) < 4.78 is 0. The maximum Gasteiger partial charge on any atom is 0.191 e. The summed E-state index contributed by atoms with van der Waals surface area (Å²) in [6.45, 7) is 11.1. The van der Waals surface area contributed by atoms with E-state index in [1.807, 2.05) is 18.7 Å². The summed E-state index contributed by atoms with van der Waals surface area (Å²) in [4.78, 5) is 8.04. The van der Waals surface area contributed by atoms with Crippen molar-refractivity contribution in [3.05, 3.63) is 11.4 Å². The molecule has 0 fully saturated rings. The fourth-order valence-electron chi connectivity index (χ4n) is 1.56. The van der Waals surface area contributed by atoms with Crippen molar-refractivity contribution in [2.75, 3.05) is 13.1 Å². The van der Waals surface area contributed by atoms with E-state index in [4.69, 9.17) is 5.73 Å². The molecule has 0 aromatic carbocycles. The summed E-state index contributed by atoms with van der Waals surface area (Å²) in [7, 11) is 0. The van der Waals surface area contributed by atoms with Gasteiger partial charge in [0.2, 0.25) is 0 Å². The number of aliphatic imine (C=N–C) groups is 1. The van der Waals surface area contributed by atoms with Gasteiger partial charge in [-0.3, -0.25) is 0 Å². The van der Waals surface area contributed by atoms with Crippen LogP contribution < -0.4 is 5.73 Å². The van der Waals surface area contributed by atoms with Crippen LogP contribution in [0.2, 0.25) is 0 Å². The monoisotopic (exact) mass is 366 g/mol. The lowest BCUT2D eigenvalue weighted by Gasteiger charge is -2.19. The molecule has 0 radical (unpaired) electrons. The summed E-state index contributed by atoms with van der Waals surface area (Å²) in [5.74, 6) is 0.570. The fraction of sp³-hybridized carbons (Fsp3) is 0.727. The van der Waals surface area contributed by atoms with Gasteiger partial charge in [-0.15, -0.1) is 24.0 Å². The molecule has 0 aliphatic heterocycles. The molecule has 0 bridgehead atoms. The zero-order chi connectivity index (χ0) is 12.8. The van der Waals surface area contributed by atoms with E-state index in [0.717, 1.165) is 31.0 Å². The average molecular weight is 366 g/mol. The van der Waals surface area contributed by atoms with E-state index in [1.165, 1.54) is 0 Å². The van der Waals surface area contributed by atoms with Crippen molar-refractivity contribution in [1.29, 1.82) is 0 Å². The first-order valence-corrected chi connectivity index (χ1v) is 6.07. The number of nitrogens with two attached hydrogens (primary N) is 1.